The lowest BCUT2D eigenvalue weighted by molar-refractivity contribution is -0.200. The summed E-state index contributed by atoms with van der Waals surface area (Å²) < 4.78 is 43.9. The molecule has 1 aromatic carbocycles. The van der Waals surface area contributed by atoms with Crippen LogP contribution in [0.4, 0.5) is 13.2 Å². The third-order valence-electron chi connectivity index (χ3n) is 8.11. The van der Waals surface area contributed by atoms with Crippen molar-refractivity contribution in [2.75, 3.05) is 13.1 Å². The highest BCUT2D eigenvalue weighted by atomic mass is 35.5. The third-order valence-corrected chi connectivity index (χ3v) is 8.34. The van der Waals surface area contributed by atoms with Gasteiger partial charge in [-0.2, -0.15) is 18.4 Å². The fourth-order valence-corrected chi connectivity index (χ4v) is 5.83. The average Bonchev–Trinajstić information content (AvgIpc) is 3.75. The summed E-state index contributed by atoms with van der Waals surface area (Å²) in [6.45, 7) is 1.21. The van der Waals surface area contributed by atoms with Crippen molar-refractivity contribution < 1.29 is 18.0 Å². The SMILES string of the molecule is N#CC1(C(=O)N2CCC(c3nnc4n3-c3ccc(Cl)cc3CN(C3(C(F)(F)F)CC3)C4)CC2)CC1. The van der Waals surface area contributed by atoms with E-state index in [1.807, 2.05) is 10.6 Å². The quantitative estimate of drug-likeness (QED) is 0.621. The molecule has 3 fully saturated rings. The smallest absolute Gasteiger partial charge is 0.341 e. The summed E-state index contributed by atoms with van der Waals surface area (Å²) in [6, 6.07) is 7.46. The molecular formula is C24H24ClF3N6O. The molecule has 35 heavy (non-hydrogen) atoms. The molecular weight excluding hydrogens is 481 g/mol. The lowest BCUT2D eigenvalue weighted by atomic mass is 9.94. The van der Waals surface area contributed by atoms with E-state index in [2.05, 4.69) is 16.3 Å². The number of hydrogen-bond acceptors (Lipinski definition) is 5. The fourth-order valence-electron chi connectivity index (χ4n) is 5.63. The number of benzene rings is 1. The molecule has 0 radical (unpaired) electrons. The van der Waals surface area contributed by atoms with Crippen LogP contribution in [-0.2, 0) is 17.9 Å². The number of amides is 1. The fraction of sp³-hybridized carbons (Fsp3) is 0.583. The van der Waals surface area contributed by atoms with E-state index in [-0.39, 0.29) is 37.8 Å². The first-order valence-electron chi connectivity index (χ1n) is 11.9. The van der Waals surface area contributed by atoms with Crippen LogP contribution >= 0.6 is 11.6 Å². The van der Waals surface area contributed by atoms with E-state index in [1.165, 1.54) is 4.90 Å². The average molecular weight is 505 g/mol. The molecule has 0 spiro atoms. The Labute approximate surface area is 205 Å². The Kier molecular flexibility index (Phi) is 5.00. The Bertz CT molecular complexity index is 1230. The molecule has 0 atom stereocenters. The van der Waals surface area contributed by atoms with Crippen molar-refractivity contribution in [1.29, 1.82) is 5.26 Å². The van der Waals surface area contributed by atoms with Crippen LogP contribution in [0.1, 0.15) is 61.7 Å². The zero-order valence-electron chi connectivity index (χ0n) is 19.0. The molecule has 11 heteroatoms. The van der Waals surface area contributed by atoms with Gasteiger partial charge in [0.2, 0.25) is 5.91 Å². The van der Waals surface area contributed by atoms with Gasteiger partial charge in [0.25, 0.3) is 0 Å². The predicted octanol–water partition coefficient (Wildman–Crippen LogP) is 4.34. The van der Waals surface area contributed by atoms with Gasteiger partial charge in [0.05, 0.1) is 18.3 Å². The van der Waals surface area contributed by atoms with Crippen LogP contribution in [0.2, 0.25) is 5.02 Å². The maximum Gasteiger partial charge on any atom is 0.406 e. The zero-order valence-corrected chi connectivity index (χ0v) is 19.7. The van der Waals surface area contributed by atoms with Crippen molar-refractivity contribution in [2.24, 2.45) is 5.41 Å². The van der Waals surface area contributed by atoms with Gasteiger partial charge in [-0.3, -0.25) is 14.3 Å². The van der Waals surface area contributed by atoms with Crippen LogP contribution in [0, 0.1) is 16.7 Å². The molecule has 2 saturated carbocycles. The van der Waals surface area contributed by atoms with E-state index in [4.69, 9.17) is 11.6 Å². The van der Waals surface area contributed by atoms with Crippen LogP contribution in [0.25, 0.3) is 5.69 Å². The minimum Gasteiger partial charge on any atom is -0.341 e. The number of rotatable bonds is 3. The number of piperidine rings is 1. The summed E-state index contributed by atoms with van der Waals surface area (Å²) in [7, 11) is 0. The molecule has 7 nitrogen and oxygen atoms in total. The second-order valence-electron chi connectivity index (χ2n) is 10.2. The van der Waals surface area contributed by atoms with Gasteiger partial charge in [-0.1, -0.05) is 11.6 Å². The minimum absolute atomic E-state index is 0.00474. The van der Waals surface area contributed by atoms with E-state index >= 15 is 0 Å². The highest BCUT2D eigenvalue weighted by Crippen LogP contribution is 2.55. The first kappa shape index (κ1) is 22.8. The number of likely N-dealkylation sites (tertiary alicyclic amines) is 1. The molecule has 3 heterocycles. The van der Waals surface area contributed by atoms with Crippen LogP contribution in [0.3, 0.4) is 0 Å². The van der Waals surface area contributed by atoms with Gasteiger partial charge in [0, 0.05) is 30.6 Å². The first-order valence-corrected chi connectivity index (χ1v) is 12.3. The molecule has 0 unspecified atom stereocenters. The van der Waals surface area contributed by atoms with Crippen molar-refractivity contribution in [2.45, 2.75) is 69.2 Å². The molecule has 4 aliphatic rings. The first-order chi connectivity index (χ1) is 16.7. The van der Waals surface area contributed by atoms with Crippen molar-refractivity contribution in [1.82, 2.24) is 24.6 Å². The molecule has 0 N–H and O–H groups in total. The monoisotopic (exact) mass is 504 g/mol. The summed E-state index contributed by atoms with van der Waals surface area (Å²) in [5, 5.41) is 18.6. The van der Waals surface area contributed by atoms with E-state index in [9.17, 15) is 23.2 Å². The molecule has 1 saturated heterocycles. The van der Waals surface area contributed by atoms with E-state index < -0.39 is 17.1 Å². The van der Waals surface area contributed by atoms with Gasteiger partial charge in [-0.15, -0.1) is 10.2 Å². The second kappa shape index (κ2) is 7.68. The van der Waals surface area contributed by atoms with E-state index in [0.29, 0.717) is 61.0 Å². The maximum atomic E-state index is 14.0. The van der Waals surface area contributed by atoms with Crippen LogP contribution in [-0.4, -0.2) is 55.3 Å². The standard InChI is InChI=1S/C24H24ClF3N6O/c25-17-1-2-18-16(11-17)12-33(23(7-8-23)24(26,27)28)13-19-30-31-20(34(18)19)15-3-9-32(10-4-15)21(35)22(14-29)5-6-22/h1-2,11,15H,3-10,12-13H2. The second-order valence-corrected chi connectivity index (χ2v) is 10.7. The van der Waals surface area contributed by atoms with Gasteiger partial charge in [0.15, 0.2) is 5.82 Å². The van der Waals surface area contributed by atoms with Crippen molar-refractivity contribution in [3.8, 4) is 11.8 Å². The number of fused-ring (bicyclic) bond motifs is 3. The Morgan fingerprint density at radius 2 is 1.83 bits per heavy atom. The molecule has 1 amide bonds. The summed E-state index contributed by atoms with van der Waals surface area (Å²) in [5.41, 5.74) is -1.20. The lowest BCUT2D eigenvalue weighted by Crippen LogP contribution is -2.47. The van der Waals surface area contributed by atoms with Crippen molar-refractivity contribution in [3.63, 3.8) is 0 Å². The van der Waals surface area contributed by atoms with E-state index in [1.54, 1.807) is 17.0 Å². The van der Waals surface area contributed by atoms with Gasteiger partial charge in [-0.05, 0) is 62.3 Å². The van der Waals surface area contributed by atoms with Crippen molar-refractivity contribution >= 4 is 17.5 Å². The third kappa shape index (κ3) is 3.54. The number of halogens is 4. The zero-order chi connectivity index (χ0) is 24.6. The highest BCUT2D eigenvalue weighted by Gasteiger charge is 2.67. The molecule has 1 aromatic heterocycles. The number of aromatic nitrogens is 3. The predicted molar refractivity (Wildman–Crippen MR) is 119 cm³/mol. The summed E-state index contributed by atoms with van der Waals surface area (Å²) in [5.74, 6) is 1.11. The number of hydrogen-bond donors (Lipinski definition) is 0. The van der Waals surface area contributed by atoms with Gasteiger partial charge >= 0.3 is 6.18 Å². The Balaban J connectivity index is 1.31. The summed E-state index contributed by atoms with van der Waals surface area (Å²) >= 11 is 6.24. The Hall–Kier alpha value is -2.64. The molecule has 2 aliphatic heterocycles. The molecule has 2 aliphatic carbocycles. The number of carbonyl (C=O) groups is 1. The molecule has 6 rings (SSSR count). The molecule has 0 bridgehead atoms. The van der Waals surface area contributed by atoms with Crippen molar-refractivity contribution in [3.05, 3.63) is 40.4 Å². The number of nitrogens with zero attached hydrogens (tertiary/aromatic N) is 6. The highest BCUT2D eigenvalue weighted by molar-refractivity contribution is 6.30. The Morgan fingerprint density at radius 1 is 1.11 bits per heavy atom. The van der Waals surface area contributed by atoms with Gasteiger partial charge < -0.3 is 4.90 Å². The molecule has 184 valence electrons. The van der Waals surface area contributed by atoms with Gasteiger partial charge in [-0.25, -0.2) is 0 Å². The van der Waals surface area contributed by atoms with Crippen LogP contribution in [0.5, 0.6) is 0 Å². The topological polar surface area (TPSA) is 78.0 Å². The summed E-state index contributed by atoms with van der Waals surface area (Å²) in [4.78, 5) is 16.0. The van der Waals surface area contributed by atoms with Crippen LogP contribution in [0.15, 0.2) is 18.2 Å². The van der Waals surface area contributed by atoms with Crippen LogP contribution < -0.4 is 0 Å². The lowest BCUT2D eigenvalue weighted by Gasteiger charge is -2.33. The van der Waals surface area contributed by atoms with Gasteiger partial charge in [0.1, 0.15) is 16.8 Å². The normalized spacial score (nSPS) is 23.1. The minimum atomic E-state index is -4.33. The number of alkyl halides is 3. The largest absolute Gasteiger partial charge is 0.406 e. The maximum absolute atomic E-state index is 14.0. The number of nitriles is 1. The summed E-state index contributed by atoms with van der Waals surface area (Å²) in [6.07, 6.45) is -1.63. The van der Waals surface area contributed by atoms with E-state index in [0.717, 1.165) is 5.69 Å². The number of carbonyl (C=O) groups excluding carboxylic acids is 1. The Morgan fingerprint density at radius 3 is 2.43 bits per heavy atom. The molecule has 2 aromatic rings.